The van der Waals surface area contributed by atoms with E-state index in [0.29, 0.717) is 26.3 Å². The number of rotatable bonds is 7. The van der Waals surface area contributed by atoms with Gasteiger partial charge in [-0.1, -0.05) is 11.6 Å². The molecule has 1 amide bonds. The third kappa shape index (κ3) is 7.37. The molecule has 1 aromatic carbocycles. The van der Waals surface area contributed by atoms with Crippen molar-refractivity contribution in [1.82, 2.24) is 9.55 Å². The molecule has 1 aliphatic rings. The molecule has 9 nitrogen and oxygen atoms in total. The summed E-state index contributed by atoms with van der Waals surface area (Å²) in [5.74, 6) is -0.709. The van der Waals surface area contributed by atoms with Crippen LogP contribution in [0.1, 0.15) is 10.4 Å². The van der Waals surface area contributed by atoms with E-state index >= 15 is 0 Å². The van der Waals surface area contributed by atoms with Crippen molar-refractivity contribution in [2.24, 2.45) is 0 Å². The lowest BCUT2D eigenvalue weighted by molar-refractivity contribution is -0.140. The van der Waals surface area contributed by atoms with E-state index in [4.69, 9.17) is 16.3 Å². The van der Waals surface area contributed by atoms with Crippen molar-refractivity contribution in [3.05, 3.63) is 59.4 Å². The van der Waals surface area contributed by atoms with Gasteiger partial charge in [0.2, 0.25) is 10.0 Å². The van der Waals surface area contributed by atoms with Gasteiger partial charge in [-0.3, -0.25) is 14.5 Å². The number of nitrogens with one attached hydrogen (secondary N) is 2. The second-order valence-electron chi connectivity index (χ2n) is 8.42. The molecule has 0 unspecified atom stereocenters. The van der Waals surface area contributed by atoms with Gasteiger partial charge < -0.3 is 19.5 Å². The van der Waals surface area contributed by atoms with Gasteiger partial charge in [0, 0.05) is 30.0 Å². The Bertz CT molecular complexity index is 1390. The van der Waals surface area contributed by atoms with Crippen LogP contribution in [-0.2, 0) is 21.3 Å². The zero-order chi connectivity index (χ0) is 26.8. The predicted molar refractivity (Wildman–Crippen MR) is 135 cm³/mol. The van der Waals surface area contributed by atoms with Gasteiger partial charge in [0.25, 0.3) is 5.91 Å². The molecule has 14 heteroatoms. The van der Waals surface area contributed by atoms with E-state index in [9.17, 15) is 26.4 Å². The molecule has 0 bridgehead atoms. The van der Waals surface area contributed by atoms with Gasteiger partial charge in [-0.05, 0) is 36.4 Å². The normalized spacial score (nSPS) is 14.5. The number of morpholine rings is 1. The molecule has 1 fully saturated rings. The summed E-state index contributed by atoms with van der Waals surface area (Å²) in [4.78, 5) is 19.3. The Morgan fingerprint density at radius 3 is 2.46 bits per heavy atom. The van der Waals surface area contributed by atoms with Crippen LogP contribution in [0, 0.1) is 0 Å². The second-order valence-corrected chi connectivity index (χ2v) is 10.6. The molecule has 4 rings (SSSR count). The molecule has 1 saturated heterocycles. The molecule has 0 spiro atoms. The third-order valence-corrected chi connectivity index (χ3v) is 6.18. The van der Waals surface area contributed by atoms with E-state index in [1.54, 1.807) is 18.3 Å². The lowest BCUT2D eigenvalue weighted by atomic mass is 10.2. The summed E-state index contributed by atoms with van der Waals surface area (Å²) >= 11 is 6.03. The molecule has 3 heterocycles. The Labute approximate surface area is 216 Å². The van der Waals surface area contributed by atoms with Crippen LogP contribution in [0.3, 0.4) is 0 Å². The fourth-order valence-electron chi connectivity index (χ4n) is 3.86. The molecule has 0 radical (unpaired) electrons. The molecule has 0 atom stereocenters. The van der Waals surface area contributed by atoms with E-state index in [2.05, 4.69) is 19.9 Å². The highest BCUT2D eigenvalue weighted by Crippen LogP contribution is 2.29. The largest absolute Gasteiger partial charge is 0.406 e. The van der Waals surface area contributed by atoms with Crippen LogP contribution in [-0.4, -0.2) is 62.6 Å². The van der Waals surface area contributed by atoms with Gasteiger partial charge in [0.05, 0.1) is 54.0 Å². The number of benzene rings is 1. The van der Waals surface area contributed by atoms with Gasteiger partial charge in [0.1, 0.15) is 6.54 Å². The topological polar surface area (TPSA) is 106 Å². The Balaban J connectivity index is 1.61. The molecular formula is C23H23ClF3N5O4S. The molecule has 2 N–H and O–H groups in total. The minimum atomic E-state index is -4.53. The number of hydrogen-bond donors (Lipinski definition) is 2. The Hall–Kier alpha value is -3.29. The molecule has 2 aromatic heterocycles. The highest BCUT2D eigenvalue weighted by atomic mass is 35.5. The molecular weight excluding hydrogens is 535 g/mol. The van der Waals surface area contributed by atoms with Crippen molar-refractivity contribution >= 4 is 44.6 Å². The van der Waals surface area contributed by atoms with Crippen molar-refractivity contribution in [2.75, 3.05) is 47.5 Å². The number of amides is 1. The number of sulfonamides is 1. The molecule has 3 aromatic rings. The summed E-state index contributed by atoms with van der Waals surface area (Å²) in [6.45, 7) is 1.20. The Morgan fingerprint density at radius 1 is 1.14 bits per heavy atom. The summed E-state index contributed by atoms with van der Waals surface area (Å²) in [6.07, 6.45) is -0.906. The zero-order valence-electron chi connectivity index (χ0n) is 19.5. The number of aromatic nitrogens is 2. The fourth-order valence-corrected chi connectivity index (χ4v) is 4.64. The average Bonchev–Trinajstić information content (AvgIpc) is 3.20. The quantitative estimate of drug-likeness (QED) is 0.450. The summed E-state index contributed by atoms with van der Waals surface area (Å²) in [7, 11) is -3.60. The Morgan fingerprint density at radius 2 is 1.84 bits per heavy atom. The Kier molecular flexibility index (Phi) is 7.67. The molecule has 198 valence electrons. The smallest absolute Gasteiger partial charge is 0.378 e. The van der Waals surface area contributed by atoms with Crippen LogP contribution in [0.15, 0.2) is 48.8 Å². The number of carbonyl (C=O) groups is 1. The van der Waals surface area contributed by atoms with Gasteiger partial charge in [0.15, 0.2) is 0 Å². The highest BCUT2D eigenvalue weighted by molar-refractivity contribution is 7.92. The van der Waals surface area contributed by atoms with Crippen LogP contribution in [0.4, 0.5) is 30.2 Å². The third-order valence-electron chi connectivity index (χ3n) is 5.35. The summed E-state index contributed by atoms with van der Waals surface area (Å²) in [5, 5.41) is 2.68. The standard InChI is InChI=1S/C23H23ClF3N5O4S/c1-37(34,35)30-18-10-16(24)9-17(11-18)29-22(33)15-8-21(32(13-15)14-23(25,26)27)20-3-2-19(12-28-20)31-4-6-36-7-5-31/h2-3,8-13,30H,4-7,14H2,1H3,(H,29,33). The van der Waals surface area contributed by atoms with Crippen LogP contribution in [0.2, 0.25) is 5.02 Å². The number of alkyl halides is 3. The first-order chi connectivity index (χ1) is 17.4. The number of halogens is 4. The van der Waals surface area contributed by atoms with Crippen LogP contribution >= 0.6 is 11.6 Å². The molecule has 37 heavy (non-hydrogen) atoms. The van der Waals surface area contributed by atoms with Gasteiger partial charge in [-0.15, -0.1) is 0 Å². The first-order valence-electron chi connectivity index (χ1n) is 11.0. The number of hydrogen-bond acceptors (Lipinski definition) is 6. The highest BCUT2D eigenvalue weighted by Gasteiger charge is 2.30. The lowest BCUT2D eigenvalue weighted by Crippen LogP contribution is -2.36. The van der Waals surface area contributed by atoms with Crippen molar-refractivity contribution in [3.8, 4) is 11.4 Å². The van der Waals surface area contributed by atoms with E-state index in [0.717, 1.165) is 22.7 Å². The van der Waals surface area contributed by atoms with Crippen LogP contribution in [0.25, 0.3) is 11.4 Å². The monoisotopic (exact) mass is 557 g/mol. The number of pyridine rings is 1. The van der Waals surface area contributed by atoms with E-state index in [-0.39, 0.29) is 33.3 Å². The summed E-state index contributed by atoms with van der Waals surface area (Å²) < 4.78 is 71.4. The first kappa shape index (κ1) is 26.8. The number of anilines is 3. The minimum absolute atomic E-state index is 0.0455. The minimum Gasteiger partial charge on any atom is -0.378 e. The summed E-state index contributed by atoms with van der Waals surface area (Å²) in [5.41, 5.74) is 1.42. The first-order valence-corrected chi connectivity index (χ1v) is 13.3. The maximum Gasteiger partial charge on any atom is 0.406 e. The van der Waals surface area contributed by atoms with Crippen molar-refractivity contribution in [2.45, 2.75) is 12.7 Å². The molecule has 0 saturated carbocycles. The number of nitrogens with zero attached hydrogens (tertiary/aromatic N) is 3. The van der Waals surface area contributed by atoms with Gasteiger partial charge in [-0.25, -0.2) is 8.42 Å². The zero-order valence-corrected chi connectivity index (χ0v) is 21.1. The fraction of sp³-hybridized carbons (Fsp3) is 0.304. The van der Waals surface area contributed by atoms with Crippen LogP contribution in [0.5, 0.6) is 0 Å². The van der Waals surface area contributed by atoms with Gasteiger partial charge in [-0.2, -0.15) is 13.2 Å². The SMILES string of the molecule is CS(=O)(=O)Nc1cc(Cl)cc(NC(=O)c2cc(-c3ccc(N4CCOCC4)cn3)n(CC(F)(F)F)c2)c1. The maximum atomic E-state index is 13.3. The second kappa shape index (κ2) is 10.6. The van der Waals surface area contributed by atoms with Crippen molar-refractivity contribution < 1.29 is 31.1 Å². The van der Waals surface area contributed by atoms with Crippen molar-refractivity contribution in [1.29, 1.82) is 0 Å². The lowest BCUT2D eigenvalue weighted by Gasteiger charge is -2.28. The number of carbonyl (C=O) groups excluding carboxylic acids is 1. The maximum absolute atomic E-state index is 13.3. The van der Waals surface area contributed by atoms with Crippen molar-refractivity contribution in [3.63, 3.8) is 0 Å². The van der Waals surface area contributed by atoms with E-state index < -0.39 is 28.7 Å². The predicted octanol–water partition coefficient (Wildman–Crippen LogP) is 4.23. The molecule has 1 aliphatic heterocycles. The van der Waals surface area contributed by atoms with E-state index in [1.165, 1.54) is 24.3 Å². The number of ether oxygens (including phenoxy) is 1. The van der Waals surface area contributed by atoms with E-state index in [1.807, 2.05) is 0 Å². The van der Waals surface area contributed by atoms with Gasteiger partial charge >= 0.3 is 6.18 Å². The summed E-state index contributed by atoms with van der Waals surface area (Å²) in [6, 6.07) is 8.76. The van der Waals surface area contributed by atoms with Crippen LogP contribution < -0.4 is 14.9 Å². The molecule has 0 aliphatic carbocycles. The average molecular weight is 558 g/mol.